The van der Waals surface area contributed by atoms with Crippen molar-refractivity contribution in [3.63, 3.8) is 0 Å². The first-order valence-corrected chi connectivity index (χ1v) is 4.89. The second-order valence-electron chi connectivity index (χ2n) is 2.68. The summed E-state index contributed by atoms with van der Waals surface area (Å²) in [7, 11) is 1.18. The van der Waals surface area contributed by atoms with Crippen molar-refractivity contribution in [2.24, 2.45) is 0 Å². The third kappa shape index (κ3) is 2.83. The molecule has 0 fully saturated rings. The zero-order chi connectivity index (χ0) is 11.6. The normalized spacial score (nSPS) is 11.3. The van der Waals surface area contributed by atoms with Gasteiger partial charge < -0.3 is 4.74 Å². The number of hydrogen-bond acceptors (Lipinski definition) is 2. The number of rotatable bonds is 1. The maximum atomic E-state index is 12.3. The molecule has 15 heavy (non-hydrogen) atoms. The predicted octanol–water partition coefficient (Wildman–Crippen LogP) is 3.10. The van der Waals surface area contributed by atoms with Gasteiger partial charge in [-0.2, -0.15) is 13.2 Å². The standard InChI is InChI=1S/C9H6F3IO2/c1-15-8(14)6-3-2-5(4-7(6)13)9(10,11)12/h2-4H,1H3. The van der Waals surface area contributed by atoms with Crippen LogP contribution < -0.4 is 0 Å². The fourth-order valence-corrected chi connectivity index (χ4v) is 1.70. The van der Waals surface area contributed by atoms with Crippen LogP contribution in [0.3, 0.4) is 0 Å². The minimum Gasteiger partial charge on any atom is -0.465 e. The molecular weight excluding hydrogens is 324 g/mol. The fourth-order valence-electron chi connectivity index (χ4n) is 0.967. The lowest BCUT2D eigenvalue weighted by atomic mass is 10.1. The smallest absolute Gasteiger partial charge is 0.416 e. The largest absolute Gasteiger partial charge is 0.465 e. The summed E-state index contributed by atoms with van der Waals surface area (Å²) in [6, 6.07) is 2.87. The highest BCUT2D eigenvalue weighted by molar-refractivity contribution is 14.1. The van der Waals surface area contributed by atoms with Crippen molar-refractivity contribution < 1.29 is 22.7 Å². The summed E-state index contributed by atoms with van der Waals surface area (Å²) < 4.78 is 41.4. The summed E-state index contributed by atoms with van der Waals surface area (Å²) in [6.45, 7) is 0. The van der Waals surface area contributed by atoms with Gasteiger partial charge in [0.2, 0.25) is 0 Å². The Balaban J connectivity index is 3.15. The molecule has 0 aliphatic carbocycles. The van der Waals surface area contributed by atoms with Crippen LogP contribution in [-0.4, -0.2) is 13.1 Å². The highest BCUT2D eigenvalue weighted by atomic mass is 127. The van der Waals surface area contributed by atoms with Gasteiger partial charge in [-0.3, -0.25) is 0 Å². The Hall–Kier alpha value is -0.790. The van der Waals surface area contributed by atoms with Gasteiger partial charge in [-0.05, 0) is 40.8 Å². The first-order chi connectivity index (χ1) is 6.86. The number of esters is 1. The van der Waals surface area contributed by atoms with Crippen molar-refractivity contribution in [3.8, 4) is 0 Å². The van der Waals surface area contributed by atoms with Crippen molar-refractivity contribution in [3.05, 3.63) is 32.9 Å². The third-order valence-electron chi connectivity index (χ3n) is 1.70. The summed E-state index contributed by atoms with van der Waals surface area (Å²) in [5.41, 5.74) is -0.648. The minimum atomic E-state index is -4.39. The lowest BCUT2D eigenvalue weighted by molar-refractivity contribution is -0.137. The maximum absolute atomic E-state index is 12.3. The van der Waals surface area contributed by atoms with Gasteiger partial charge in [0.1, 0.15) is 0 Å². The Bertz CT molecular complexity index is 387. The minimum absolute atomic E-state index is 0.131. The molecule has 0 bridgehead atoms. The number of carbonyl (C=O) groups excluding carboxylic acids is 1. The number of carbonyl (C=O) groups is 1. The average molecular weight is 330 g/mol. The van der Waals surface area contributed by atoms with Crippen LogP contribution >= 0.6 is 22.6 Å². The summed E-state index contributed by atoms with van der Waals surface area (Å²) in [4.78, 5) is 11.1. The zero-order valence-corrected chi connectivity index (χ0v) is 9.72. The molecule has 2 nitrogen and oxygen atoms in total. The molecule has 0 saturated carbocycles. The Morgan fingerprint density at radius 1 is 1.40 bits per heavy atom. The molecule has 0 spiro atoms. The van der Waals surface area contributed by atoms with E-state index in [0.717, 1.165) is 18.2 Å². The molecule has 1 aromatic rings. The molecule has 0 saturated heterocycles. The monoisotopic (exact) mass is 330 g/mol. The van der Waals surface area contributed by atoms with E-state index in [2.05, 4.69) is 4.74 Å². The number of ether oxygens (including phenoxy) is 1. The molecular formula is C9H6F3IO2. The number of hydrogen-bond donors (Lipinski definition) is 0. The second-order valence-corrected chi connectivity index (χ2v) is 3.85. The van der Waals surface area contributed by atoms with Gasteiger partial charge in [0.25, 0.3) is 0 Å². The van der Waals surface area contributed by atoms with Crippen LogP contribution in [-0.2, 0) is 10.9 Å². The molecule has 0 atom stereocenters. The van der Waals surface area contributed by atoms with Crippen molar-refractivity contribution in [2.45, 2.75) is 6.18 Å². The van der Waals surface area contributed by atoms with Gasteiger partial charge in [0, 0.05) is 3.57 Å². The van der Waals surface area contributed by atoms with Crippen LogP contribution in [0.1, 0.15) is 15.9 Å². The van der Waals surface area contributed by atoms with E-state index in [9.17, 15) is 18.0 Å². The summed E-state index contributed by atoms with van der Waals surface area (Å²) in [5.74, 6) is -0.645. The van der Waals surface area contributed by atoms with E-state index in [4.69, 9.17) is 0 Å². The topological polar surface area (TPSA) is 26.3 Å². The molecule has 82 valence electrons. The summed E-state index contributed by atoms with van der Waals surface area (Å²) >= 11 is 1.66. The number of benzene rings is 1. The first kappa shape index (κ1) is 12.3. The zero-order valence-electron chi connectivity index (χ0n) is 7.56. The predicted molar refractivity (Wildman–Crippen MR) is 55.5 cm³/mol. The molecule has 0 aliphatic heterocycles. The Morgan fingerprint density at radius 2 is 2.00 bits per heavy atom. The van der Waals surface area contributed by atoms with E-state index in [0.29, 0.717) is 0 Å². The van der Waals surface area contributed by atoms with Crippen LogP contribution in [0.15, 0.2) is 18.2 Å². The second kappa shape index (κ2) is 4.38. The number of methoxy groups -OCH3 is 1. The van der Waals surface area contributed by atoms with Gasteiger partial charge in [0.15, 0.2) is 0 Å². The van der Waals surface area contributed by atoms with Crippen LogP contribution in [0.2, 0.25) is 0 Å². The lowest BCUT2D eigenvalue weighted by Crippen LogP contribution is -2.09. The maximum Gasteiger partial charge on any atom is 0.416 e. The quantitative estimate of drug-likeness (QED) is 0.584. The first-order valence-electron chi connectivity index (χ1n) is 3.81. The van der Waals surface area contributed by atoms with Crippen LogP contribution in [0.25, 0.3) is 0 Å². The fraction of sp³-hybridized carbons (Fsp3) is 0.222. The molecule has 0 unspecified atom stereocenters. The molecule has 0 aromatic heterocycles. The van der Waals surface area contributed by atoms with Crippen LogP contribution in [0.4, 0.5) is 13.2 Å². The summed E-state index contributed by atoms with van der Waals surface area (Å²) in [6.07, 6.45) is -4.39. The van der Waals surface area contributed by atoms with Crippen LogP contribution in [0, 0.1) is 3.57 Å². The highest BCUT2D eigenvalue weighted by Gasteiger charge is 2.31. The molecule has 0 aliphatic rings. The van der Waals surface area contributed by atoms with Gasteiger partial charge in [-0.25, -0.2) is 4.79 Å². The van der Waals surface area contributed by atoms with Gasteiger partial charge >= 0.3 is 12.1 Å². The Labute approximate surface area is 97.6 Å². The SMILES string of the molecule is COC(=O)c1ccc(C(F)(F)F)cc1I. The molecule has 0 radical (unpaired) electrons. The van der Waals surface area contributed by atoms with E-state index in [1.54, 1.807) is 22.6 Å². The van der Waals surface area contributed by atoms with Crippen LogP contribution in [0.5, 0.6) is 0 Å². The Kier molecular flexibility index (Phi) is 3.58. The van der Waals surface area contributed by atoms with E-state index in [-0.39, 0.29) is 9.13 Å². The van der Waals surface area contributed by atoms with E-state index in [1.165, 1.54) is 7.11 Å². The van der Waals surface area contributed by atoms with Crippen molar-refractivity contribution in [2.75, 3.05) is 7.11 Å². The van der Waals surface area contributed by atoms with Crippen molar-refractivity contribution in [1.29, 1.82) is 0 Å². The van der Waals surface area contributed by atoms with Crippen molar-refractivity contribution in [1.82, 2.24) is 0 Å². The van der Waals surface area contributed by atoms with Gasteiger partial charge in [-0.15, -0.1) is 0 Å². The average Bonchev–Trinajstić information content (AvgIpc) is 2.15. The Morgan fingerprint density at radius 3 is 2.40 bits per heavy atom. The number of halogens is 4. The lowest BCUT2D eigenvalue weighted by Gasteiger charge is -2.08. The van der Waals surface area contributed by atoms with E-state index < -0.39 is 17.7 Å². The molecule has 0 amide bonds. The van der Waals surface area contributed by atoms with Gasteiger partial charge in [-0.1, -0.05) is 0 Å². The highest BCUT2D eigenvalue weighted by Crippen LogP contribution is 2.31. The third-order valence-corrected chi connectivity index (χ3v) is 2.59. The molecule has 1 aromatic carbocycles. The molecule has 0 heterocycles. The van der Waals surface area contributed by atoms with E-state index >= 15 is 0 Å². The van der Waals surface area contributed by atoms with Gasteiger partial charge in [0.05, 0.1) is 18.2 Å². The number of alkyl halides is 3. The molecule has 1 rings (SSSR count). The summed E-state index contributed by atoms with van der Waals surface area (Å²) in [5, 5.41) is 0. The van der Waals surface area contributed by atoms with Crippen molar-refractivity contribution >= 4 is 28.6 Å². The van der Waals surface area contributed by atoms with E-state index in [1.807, 2.05) is 0 Å². The molecule has 0 N–H and O–H groups in total. The molecule has 6 heteroatoms.